The molecule has 0 aromatic carbocycles. The summed E-state index contributed by atoms with van der Waals surface area (Å²) in [5.74, 6) is 2.56. The lowest BCUT2D eigenvalue weighted by molar-refractivity contribution is 0.222. The molecule has 0 amide bonds. The zero-order chi connectivity index (χ0) is 8.97. The molecule has 0 saturated carbocycles. The first-order valence-electron chi connectivity index (χ1n) is 3.81. The number of hydrogen-bond donors (Lipinski definition) is 1. The average Bonchev–Trinajstić information content (AvgIpc) is 2.09. The molecule has 12 heavy (non-hydrogen) atoms. The molecule has 0 radical (unpaired) electrons. The van der Waals surface area contributed by atoms with Gasteiger partial charge in [-0.3, -0.25) is 0 Å². The normalized spacial score (nSPS) is 16.2. The molecule has 0 spiro atoms. The number of allylic oxidation sites excluding steroid dienone is 4. The van der Waals surface area contributed by atoms with Crippen LogP contribution in [0.1, 0.15) is 13.3 Å². The van der Waals surface area contributed by atoms with Gasteiger partial charge in [-0.1, -0.05) is 0 Å². The van der Waals surface area contributed by atoms with E-state index >= 15 is 0 Å². The van der Waals surface area contributed by atoms with Gasteiger partial charge < -0.3 is 10.5 Å². The van der Waals surface area contributed by atoms with Crippen LogP contribution in [0.15, 0.2) is 29.2 Å². The summed E-state index contributed by atoms with van der Waals surface area (Å²) in [6.45, 7) is 2.50. The van der Waals surface area contributed by atoms with E-state index in [-0.39, 0.29) is 0 Å². The quantitative estimate of drug-likeness (QED) is 0.619. The highest BCUT2D eigenvalue weighted by atomic mass is 16.5. The van der Waals surface area contributed by atoms with Gasteiger partial charge in [-0.25, -0.2) is 4.79 Å². The van der Waals surface area contributed by atoms with Crippen LogP contribution >= 0.6 is 0 Å². The molecule has 0 aliphatic heterocycles. The Balaban J connectivity index is 2.79. The largest absolute Gasteiger partial charge is 0.498 e. The molecule has 3 nitrogen and oxygen atoms in total. The summed E-state index contributed by atoms with van der Waals surface area (Å²) in [4.78, 5) is 10.4. The summed E-state index contributed by atoms with van der Waals surface area (Å²) < 4.78 is 5.22. The fourth-order valence-electron chi connectivity index (χ4n) is 0.998. The van der Waals surface area contributed by atoms with Crippen molar-refractivity contribution in [2.75, 3.05) is 6.61 Å². The monoisotopic (exact) mass is 165 g/mol. The smallest absolute Gasteiger partial charge is 0.130 e. The standard InChI is InChI=1S/C9H11NO2/c1-2-12-8-3-4-9(10)7(5-8)6-11/h3-4H,2,5,10H2,1H3. The molecular formula is C9H11NO2. The number of ether oxygens (including phenoxy) is 1. The Morgan fingerprint density at radius 3 is 3.00 bits per heavy atom. The average molecular weight is 165 g/mol. The van der Waals surface area contributed by atoms with Gasteiger partial charge in [0.25, 0.3) is 0 Å². The second-order valence-electron chi connectivity index (χ2n) is 2.45. The van der Waals surface area contributed by atoms with E-state index < -0.39 is 0 Å². The molecule has 2 N–H and O–H groups in total. The molecule has 3 heteroatoms. The van der Waals surface area contributed by atoms with Gasteiger partial charge in [-0.05, 0) is 19.1 Å². The number of hydrogen-bond acceptors (Lipinski definition) is 3. The highest BCUT2D eigenvalue weighted by molar-refractivity contribution is 5.62. The van der Waals surface area contributed by atoms with Gasteiger partial charge >= 0.3 is 0 Å². The molecule has 0 fully saturated rings. The number of rotatable bonds is 2. The first-order valence-corrected chi connectivity index (χ1v) is 3.81. The first kappa shape index (κ1) is 8.62. The van der Waals surface area contributed by atoms with Gasteiger partial charge in [0.1, 0.15) is 11.7 Å². The third-order valence-electron chi connectivity index (χ3n) is 1.60. The Kier molecular flexibility index (Phi) is 2.72. The topological polar surface area (TPSA) is 52.3 Å². The minimum Gasteiger partial charge on any atom is -0.498 e. The van der Waals surface area contributed by atoms with Crippen molar-refractivity contribution in [2.45, 2.75) is 13.3 Å². The van der Waals surface area contributed by atoms with Crippen LogP contribution in [0.3, 0.4) is 0 Å². The molecule has 0 bridgehead atoms. The van der Waals surface area contributed by atoms with Crippen LogP contribution < -0.4 is 5.73 Å². The van der Waals surface area contributed by atoms with E-state index in [1.807, 2.05) is 6.92 Å². The lowest BCUT2D eigenvalue weighted by Gasteiger charge is -2.12. The Hall–Kier alpha value is -1.47. The van der Waals surface area contributed by atoms with Crippen LogP contribution in [-0.4, -0.2) is 12.5 Å². The van der Waals surface area contributed by atoms with Gasteiger partial charge in [-0.15, -0.1) is 0 Å². The lowest BCUT2D eigenvalue weighted by Crippen LogP contribution is -2.07. The van der Waals surface area contributed by atoms with Crippen molar-refractivity contribution in [1.29, 1.82) is 0 Å². The molecule has 0 unspecified atom stereocenters. The summed E-state index contributed by atoms with van der Waals surface area (Å²) in [5.41, 5.74) is 6.46. The van der Waals surface area contributed by atoms with Gasteiger partial charge in [0.05, 0.1) is 12.2 Å². The van der Waals surface area contributed by atoms with Crippen LogP contribution in [-0.2, 0) is 9.53 Å². The van der Waals surface area contributed by atoms with E-state index in [2.05, 4.69) is 0 Å². The molecule has 0 heterocycles. The van der Waals surface area contributed by atoms with Gasteiger partial charge in [0, 0.05) is 12.1 Å². The molecule has 1 rings (SSSR count). The Morgan fingerprint density at radius 1 is 1.67 bits per heavy atom. The van der Waals surface area contributed by atoms with Crippen LogP contribution in [0.25, 0.3) is 0 Å². The molecular weight excluding hydrogens is 154 g/mol. The summed E-state index contributed by atoms with van der Waals surface area (Å²) >= 11 is 0. The van der Waals surface area contributed by atoms with E-state index in [9.17, 15) is 4.79 Å². The summed E-state index contributed by atoms with van der Waals surface area (Å²) in [6.07, 6.45) is 3.90. The van der Waals surface area contributed by atoms with E-state index in [0.29, 0.717) is 24.3 Å². The number of nitrogens with two attached hydrogens (primary N) is 1. The molecule has 1 aliphatic rings. The van der Waals surface area contributed by atoms with Crippen LogP contribution in [0.5, 0.6) is 0 Å². The highest BCUT2D eigenvalue weighted by Gasteiger charge is 2.10. The molecule has 1 aliphatic carbocycles. The minimum absolute atomic E-state index is 0.458. The maximum Gasteiger partial charge on any atom is 0.130 e. The third-order valence-corrected chi connectivity index (χ3v) is 1.60. The molecule has 64 valence electrons. The van der Waals surface area contributed by atoms with Gasteiger partial charge in [-0.2, -0.15) is 0 Å². The van der Waals surface area contributed by atoms with Crippen molar-refractivity contribution in [3.63, 3.8) is 0 Å². The third kappa shape index (κ3) is 1.77. The second kappa shape index (κ2) is 3.79. The summed E-state index contributed by atoms with van der Waals surface area (Å²) in [6, 6.07) is 0. The molecule has 0 saturated heterocycles. The summed E-state index contributed by atoms with van der Waals surface area (Å²) in [7, 11) is 0. The Morgan fingerprint density at radius 2 is 2.42 bits per heavy atom. The Bertz CT molecular complexity index is 283. The fraction of sp³-hybridized carbons (Fsp3) is 0.333. The number of carbonyl (C=O) groups excluding carboxylic acids is 1. The maximum atomic E-state index is 10.4. The van der Waals surface area contributed by atoms with Crippen LogP contribution in [0.4, 0.5) is 0 Å². The summed E-state index contributed by atoms with van der Waals surface area (Å²) in [5, 5.41) is 0. The molecule has 0 aromatic heterocycles. The van der Waals surface area contributed by atoms with Crippen molar-refractivity contribution in [1.82, 2.24) is 0 Å². The zero-order valence-electron chi connectivity index (χ0n) is 6.96. The van der Waals surface area contributed by atoms with E-state index in [4.69, 9.17) is 10.5 Å². The van der Waals surface area contributed by atoms with Crippen LogP contribution in [0.2, 0.25) is 0 Å². The maximum absolute atomic E-state index is 10.4. The lowest BCUT2D eigenvalue weighted by atomic mass is 10.0. The van der Waals surface area contributed by atoms with Crippen molar-refractivity contribution in [3.8, 4) is 0 Å². The first-order chi connectivity index (χ1) is 5.77. The SMILES string of the molecule is CCOC1=CC=C(N)C(=C=O)C1. The molecule has 0 aromatic rings. The van der Waals surface area contributed by atoms with E-state index in [0.717, 1.165) is 5.76 Å². The van der Waals surface area contributed by atoms with Crippen molar-refractivity contribution >= 4 is 5.94 Å². The second-order valence-corrected chi connectivity index (χ2v) is 2.45. The predicted molar refractivity (Wildman–Crippen MR) is 45.8 cm³/mol. The molecule has 0 atom stereocenters. The predicted octanol–water partition coefficient (Wildman–Crippen LogP) is 0.911. The van der Waals surface area contributed by atoms with Gasteiger partial charge in [0.2, 0.25) is 0 Å². The Labute approximate surface area is 71.2 Å². The van der Waals surface area contributed by atoms with Crippen molar-refractivity contribution in [2.24, 2.45) is 5.73 Å². The van der Waals surface area contributed by atoms with Gasteiger partial charge in [0.15, 0.2) is 0 Å². The van der Waals surface area contributed by atoms with E-state index in [1.165, 1.54) is 0 Å². The van der Waals surface area contributed by atoms with Crippen LogP contribution in [0, 0.1) is 0 Å². The van der Waals surface area contributed by atoms with Crippen molar-refractivity contribution in [3.05, 3.63) is 29.2 Å². The van der Waals surface area contributed by atoms with E-state index in [1.54, 1.807) is 18.1 Å². The highest BCUT2D eigenvalue weighted by Crippen LogP contribution is 2.19. The fourth-order valence-corrected chi connectivity index (χ4v) is 0.998. The minimum atomic E-state index is 0.458. The van der Waals surface area contributed by atoms with Crippen molar-refractivity contribution < 1.29 is 9.53 Å². The zero-order valence-corrected chi connectivity index (χ0v) is 6.96.